The molecule has 0 aromatic carbocycles. The lowest BCUT2D eigenvalue weighted by atomic mass is 10.1. The molecule has 1 amide bonds. The summed E-state index contributed by atoms with van der Waals surface area (Å²) in [6.07, 6.45) is 6.06. The van der Waals surface area contributed by atoms with Crippen LogP contribution in [0.1, 0.15) is 41.4 Å². The second-order valence-corrected chi connectivity index (χ2v) is 7.50. The predicted octanol–water partition coefficient (Wildman–Crippen LogP) is 3.19. The third-order valence-electron chi connectivity index (χ3n) is 5.12. The summed E-state index contributed by atoms with van der Waals surface area (Å²) in [5.74, 6) is 0.305. The number of aromatic amines is 1. The zero-order valence-electron chi connectivity index (χ0n) is 13.3. The van der Waals surface area contributed by atoms with Gasteiger partial charge in [0.2, 0.25) is 5.91 Å². The molecule has 1 saturated heterocycles. The summed E-state index contributed by atoms with van der Waals surface area (Å²) in [5, 5.41) is 2.14. The maximum Gasteiger partial charge on any atom is 0.224 e. The van der Waals surface area contributed by atoms with E-state index in [1.807, 2.05) is 22.4 Å². The Kier molecular flexibility index (Phi) is 4.23. The summed E-state index contributed by atoms with van der Waals surface area (Å²) in [6.45, 7) is 3.66. The molecule has 23 heavy (non-hydrogen) atoms. The fraction of sp³-hybridized carbons (Fsp3) is 0.500. The lowest BCUT2D eigenvalue weighted by Gasteiger charge is -2.29. The minimum Gasteiger partial charge on any atom is -0.364 e. The molecule has 4 rings (SSSR count). The zero-order chi connectivity index (χ0) is 15.6. The summed E-state index contributed by atoms with van der Waals surface area (Å²) in [7, 11) is 0. The van der Waals surface area contributed by atoms with Crippen LogP contribution < -0.4 is 0 Å². The molecule has 5 heteroatoms. The van der Waals surface area contributed by atoms with Crippen LogP contribution in [0.25, 0.3) is 0 Å². The summed E-state index contributed by atoms with van der Waals surface area (Å²) >= 11 is 1.82. The number of aromatic nitrogens is 1. The van der Waals surface area contributed by atoms with Gasteiger partial charge in [-0.2, -0.15) is 0 Å². The van der Waals surface area contributed by atoms with Gasteiger partial charge in [0.25, 0.3) is 0 Å². The third kappa shape index (κ3) is 3.08. The van der Waals surface area contributed by atoms with E-state index in [4.69, 9.17) is 0 Å². The minimum absolute atomic E-state index is 0.305. The largest absolute Gasteiger partial charge is 0.364 e. The van der Waals surface area contributed by atoms with E-state index >= 15 is 0 Å². The highest BCUT2D eigenvalue weighted by atomic mass is 32.1. The fourth-order valence-electron chi connectivity index (χ4n) is 3.86. The molecular formula is C18H23N3OS. The van der Waals surface area contributed by atoms with E-state index in [1.165, 1.54) is 29.0 Å². The van der Waals surface area contributed by atoms with Crippen LogP contribution in [-0.2, 0) is 17.8 Å². The number of carbonyl (C=O) groups excluding carboxylic acids is 1. The first-order valence-electron chi connectivity index (χ1n) is 8.51. The highest BCUT2D eigenvalue weighted by Gasteiger charge is 2.28. The van der Waals surface area contributed by atoms with Crippen LogP contribution in [0, 0.1) is 0 Å². The van der Waals surface area contributed by atoms with Crippen LogP contribution in [0.3, 0.4) is 0 Å². The monoisotopic (exact) mass is 329 g/mol. The number of fused-ring (bicyclic) bond motifs is 1. The number of hydrogen-bond acceptors (Lipinski definition) is 3. The van der Waals surface area contributed by atoms with Crippen LogP contribution in [0.4, 0.5) is 0 Å². The van der Waals surface area contributed by atoms with Crippen molar-refractivity contribution in [2.75, 3.05) is 19.6 Å². The molecule has 2 aliphatic heterocycles. The van der Waals surface area contributed by atoms with Crippen LogP contribution in [0.2, 0.25) is 0 Å². The molecule has 0 saturated carbocycles. The second kappa shape index (κ2) is 6.49. The Labute approximate surface area is 141 Å². The van der Waals surface area contributed by atoms with Crippen LogP contribution in [0.5, 0.6) is 0 Å². The minimum atomic E-state index is 0.305. The standard InChI is InChI=1S/C18H23N3OS/c22-18(21-10-5-17-14(13-21)7-12-23-17)6-11-20-9-2-4-16(20)15-3-1-8-19-15/h1,3,7-8,12,16,19H,2,4-6,9-11,13H2/t16-/m0/s1. The van der Waals surface area contributed by atoms with Crippen molar-refractivity contribution in [2.45, 2.75) is 38.3 Å². The average Bonchev–Trinajstić information content (AvgIpc) is 3.31. The molecule has 4 heterocycles. The molecule has 2 aromatic heterocycles. The summed E-state index contributed by atoms with van der Waals surface area (Å²) < 4.78 is 0. The normalized spacial score (nSPS) is 21.6. The first-order chi connectivity index (χ1) is 11.3. The van der Waals surface area contributed by atoms with E-state index in [2.05, 4.69) is 33.5 Å². The van der Waals surface area contributed by atoms with E-state index in [1.54, 1.807) is 0 Å². The summed E-state index contributed by atoms with van der Waals surface area (Å²) in [6, 6.07) is 6.85. The van der Waals surface area contributed by atoms with E-state index in [9.17, 15) is 4.79 Å². The lowest BCUT2D eigenvalue weighted by Crippen LogP contribution is -2.37. The molecule has 0 unspecified atom stereocenters. The number of carbonyl (C=O) groups is 1. The maximum atomic E-state index is 12.6. The van der Waals surface area contributed by atoms with Gasteiger partial charge in [-0.05, 0) is 54.9 Å². The van der Waals surface area contributed by atoms with Gasteiger partial charge in [-0.25, -0.2) is 0 Å². The number of nitrogens with zero attached hydrogens (tertiary/aromatic N) is 2. The number of H-pyrrole nitrogens is 1. The molecule has 2 aromatic rings. The molecule has 122 valence electrons. The zero-order valence-corrected chi connectivity index (χ0v) is 14.1. The van der Waals surface area contributed by atoms with Gasteiger partial charge in [-0.3, -0.25) is 9.69 Å². The number of amides is 1. The molecule has 0 spiro atoms. The molecule has 0 bridgehead atoms. The number of rotatable bonds is 4. The average molecular weight is 329 g/mol. The number of thiophene rings is 1. The van der Waals surface area contributed by atoms with Crippen molar-refractivity contribution in [1.82, 2.24) is 14.8 Å². The van der Waals surface area contributed by atoms with Gasteiger partial charge in [0.1, 0.15) is 0 Å². The highest BCUT2D eigenvalue weighted by molar-refractivity contribution is 7.10. The third-order valence-corrected chi connectivity index (χ3v) is 6.14. The van der Waals surface area contributed by atoms with Crippen molar-refractivity contribution < 1.29 is 4.79 Å². The van der Waals surface area contributed by atoms with Crippen molar-refractivity contribution in [3.05, 3.63) is 45.9 Å². The van der Waals surface area contributed by atoms with E-state index < -0.39 is 0 Å². The summed E-state index contributed by atoms with van der Waals surface area (Å²) in [5.41, 5.74) is 2.64. The summed E-state index contributed by atoms with van der Waals surface area (Å²) in [4.78, 5) is 21.9. The molecule has 4 nitrogen and oxygen atoms in total. The van der Waals surface area contributed by atoms with Crippen molar-refractivity contribution in [2.24, 2.45) is 0 Å². The highest BCUT2D eigenvalue weighted by Crippen LogP contribution is 2.31. The van der Waals surface area contributed by atoms with Crippen LogP contribution in [-0.4, -0.2) is 40.3 Å². The Morgan fingerprint density at radius 1 is 1.35 bits per heavy atom. The smallest absolute Gasteiger partial charge is 0.224 e. The van der Waals surface area contributed by atoms with E-state index in [0.29, 0.717) is 18.4 Å². The van der Waals surface area contributed by atoms with Gasteiger partial charge >= 0.3 is 0 Å². The van der Waals surface area contributed by atoms with Crippen molar-refractivity contribution in [1.29, 1.82) is 0 Å². The molecule has 1 fully saturated rings. The fourth-order valence-corrected chi connectivity index (χ4v) is 4.75. The van der Waals surface area contributed by atoms with Gasteiger partial charge in [0.05, 0.1) is 0 Å². The molecule has 0 aliphatic carbocycles. The number of hydrogen-bond donors (Lipinski definition) is 1. The second-order valence-electron chi connectivity index (χ2n) is 6.50. The van der Waals surface area contributed by atoms with Crippen molar-refractivity contribution in [3.8, 4) is 0 Å². The first-order valence-corrected chi connectivity index (χ1v) is 9.39. The van der Waals surface area contributed by atoms with Gasteiger partial charge in [0.15, 0.2) is 0 Å². The van der Waals surface area contributed by atoms with E-state index in [0.717, 1.165) is 32.6 Å². The Morgan fingerprint density at radius 3 is 3.17 bits per heavy atom. The quantitative estimate of drug-likeness (QED) is 0.936. The maximum absolute atomic E-state index is 12.6. The van der Waals surface area contributed by atoms with Crippen molar-refractivity contribution in [3.63, 3.8) is 0 Å². The van der Waals surface area contributed by atoms with E-state index in [-0.39, 0.29) is 0 Å². The van der Waals surface area contributed by atoms with Gasteiger partial charge in [-0.1, -0.05) is 0 Å². The Balaban J connectivity index is 1.33. The number of likely N-dealkylation sites (tertiary alicyclic amines) is 1. The number of nitrogens with one attached hydrogen (secondary N) is 1. The Hall–Kier alpha value is -1.59. The molecular weight excluding hydrogens is 306 g/mol. The first kappa shape index (κ1) is 15.0. The molecule has 2 aliphatic rings. The SMILES string of the molecule is O=C(CCN1CCC[C@H]1c1ccc[nH]1)N1CCc2sccc2C1. The van der Waals surface area contributed by atoms with Crippen LogP contribution >= 0.6 is 11.3 Å². The van der Waals surface area contributed by atoms with Gasteiger partial charge < -0.3 is 9.88 Å². The Bertz CT molecular complexity index is 664. The molecule has 1 N–H and O–H groups in total. The van der Waals surface area contributed by atoms with Gasteiger partial charge in [0, 0.05) is 48.9 Å². The van der Waals surface area contributed by atoms with Gasteiger partial charge in [-0.15, -0.1) is 11.3 Å². The van der Waals surface area contributed by atoms with Crippen molar-refractivity contribution >= 4 is 17.2 Å². The molecule has 0 radical (unpaired) electrons. The molecule has 1 atom stereocenters. The Morgan fingerprint density at radius 2 is 2.30 bits per heavy atom. The topological polar surface area (TPSA) is 39.3 Å². The predicted molar refractivity (Wildman–Crippen MR) is 92.4 cm³/mol. The lowest BCUT2D eigenvalue weighted by molar-refractivity contribution is -0.132. The van der Waals surface area contributed by atoms with Crippen LogP contribution in [0.15, 0.2) is 29.8 Å².